The molecule has 2 heterocycles. The Morgan fingerprint density at radius 3 is 1.14 bits per heavy atom. The molecule has 4 heteroatoms. The molecule has 0 amide bonds. The molecule has 0 unspecified atom stereocenters. The first-order valence-corrected chi connectivity index (χ1v) is 23.8. The van der Waals surface area contributed by atoms with Crippen LogP contribution in [0, 0.1) is 0 Å². The van der Waals surface area contributed by atoms with E-state index in [1.165, 1.54) is 77.5 Å². The molecule has 0 radical (unpaired) electrons. The lowest BCUT2D eigenvalue weighted by atomic mass is 9.52. The lowest BCUT2D eigenvalue weighted by molar-refractivity contribution is 0.634. The highest BCUT2D eigenvalue weighted by molar-refractivity contribution is 6.11. The molecule has 0 saturated carbocycles. The van der Waals surface area contributed by atoms with E-state index >= 15 is 0 Å². The quantitative estimate of drug-likeness (QED) is 0.177. The van der Waals surface area contributed by atoms with E-state index in [2.05, 4.69) is 211 Å². The molecule has 4 nitrogen and oxygen atoms in total. The first-order valence-electron chi connectivity index (χ1n) is 23.8. The number of nitrogens with zero attached hydrogens (tertiary/aromatic N) is 4. The topological polar surface area (TPSA) is 43.6 Å². The van der Waals surface area contributed by atoms with Crippen molar-refractivity contribution in [3.8, 4) is 62.1 Å². The Kier molecular flexibility index (Phi) is 7.88. The summed E-state index contributed by atoms with van der Waals surface area (Å²) in [7, 11) is 0. The Hall–Kier alpha value is -8.99. The van der Waals surface area contributed by atoms with E-state index in [9.17, 15) is 0 Å². The minimum atomic E-state index is -0.630. The van der Waals surface area contributed by atoms with Crippen LogP contribution in [-0.4, -0.2) is 19.5 Å². The van der Waals surface area contributed by atoms with Crippen LogP contribution in [0.1, 0.15) is 44.5 Å². The van der Waals surface area contributed by atoms with Crippen molar-refractivity contribution < 1.29 is 0 Å². The highest BCUT2D eigenvalue weighted by atomic mass is 15.1. The summed E-state index contributed by atoms with van der Waals surface area (Å²) in [5, 5.41) is 2.38. The van der Waals surface area contributed by atoms with Gasteiger partial charge in [-0.25, -0.2) is 15.0 Å². The summed E-state index contributed by atoms with van der Waals surface area (Å²) in [6, 6.07) is 89.0. The van der Waals surface area contributed by atoms with Crippen molar-refractivity contribution >= 4 is 21.8 Å². The van der Waals surface area contributed by atoms with Gasteiger partial charge in [0, 0.05) is 27.5 Å². The highest BCUT2D eigenvalue weighted by Gasteiger charge is 2.59. The average Bonchev–Trinajstić information content (AvgIpc) is 4.03. The van der Waals surface area contributed by atoms with Crippen LogP contribution in [0.3, 0.4) is 0 Å². The van der Waals surface area contributed by atoms with Crippen LogP contribution in [-0.2, 0) is 10.8 Å². The number of hydrogen-bond acceptors (Lipinski definition) is 3. The molecule has 0 fully saturated rings. The van der Waals surface area contributed by atoms with Gasteiger partial charge in [0.15, 0.2) is 17.5 Å². The summed E-state index contributed by atoms with van der Waals surface area (Å²) in [6.45, 7) is 0. The zero-order valence-corrected chi connectivity index (χ0v) is 37.4. The average molecular weight is 877 g/mol. The third kappa shape index (κ3) is 4.99. The molecule has 10 aromatic carbocycles. The summed E-state index contributed by atoms with van der Waals surface area (Å²) >= 11 is 0. The number of benzene rings is 10. The lowest BCUT2D eigenvalue weighted by Gasteiger charge is -2.49. The van der Waals surface area contributed by atoms with Crippen molar-refractivity contribution in [2.75, 3.05) is 0 Å². The Morgan fingerprint density at radius 2 is 0.638 bits per heavy atom. The molecule has 0 bridgehead atoms. The van der Waals surface area contributed by atoms with Crippen LogP contribution < -0.4 is 0 Å². The molecule has 0 aliphatic heterocycles. The molecule has 69 heavy (non-hydrogen) atoms. The van der Waals surface area contributed by atoms with Gasteiger partial charge in [-0.2, -0.15) is 0 Å². The molecule has 0 saturated heterocycles. The van der Waals surface area contributed by atoms with Gasteiger partial charge in [-0.15, -0.1) is 0 Å². The molecular weight excluding hydrogens is 837 g/mol. The molecule has 3 aliphatic carbocycles. The van der Waals surface area contributed by atoms with E-state index in [1.54, 1.807) is 0 Å². The lowest BCUT2D eigenvalue weighted by Crippen LogP contribution is -2.43. The van der Waals surface area contributed by atoms with Gasteiger partial charge in [-0.05, 0) is 97.1 Å². The van der Waals surface area contributed by atoms with E-state index in [-0.39, 0.29) is 0 Å². The Morgan fingerprint density at radius 1 is 0.261 bits per heavy atom. The van der Waals surface area contributed by atoms with Crippen molar-refractivity contribution in [1.82, 2.24) is 19.5 Å². The fourth-order valence-corrected chi connectivity index (χ4v) is 12.7. The smallest absolute Gasteiger partial charge is 0.166 e. The Labute approximate surface area is 399 Å². The van der Waals surface area contributed by atoms with Gasteiger partial charge in [0.25, 0.3) is 0 Å². The SMILES string of the molecule is c1ccc(-c2nc(-c3ccccc3)nc(-c3ccccc3-n3c4ccccc4c4cc5c(cc43)C3(c4ccccc4-c4ccccc43)c3ccccc3C53c4ccccc4-c4ccccc43)n2)cc1. The van der Waals surface area contributed by atoms with E-state index < -0.39 is 10.8 Å². The van der Waals surface area contributed by atoms with Crippen LogP contribution in [0.2, 0.25) is 0 Å². The van der Waals surface area contributed by atoms with Gasteiger partial charge in [-0.1, -0.05) is 212 Å². The van der Waals surface area contributed by atoms with Gasteiger partial charge < -0.3 is 4.57 Å². The first kappa shape index (κ1) is 38.1. The largest absolute Gasteiger partial charge is 0.308 e. The van der Waals surface area contributed by atoms with E-state index in [4.69, 9.17) is 15.0 Å². The molecule has 0 N–H and O–H groups in total. The number of hydrogen-bond donors (Lipinski definition) is 0. The Bertz CT molecular complexity index is 3940. The molecule has 3 aliphatic rings. The van der Waals surface area contributed by atoms with Crippen molar-refractivity contribution in [3.05, 3.63) is 287 Å². The van der Waals surface area contributed by atoms with Crippen molar-refractivity contribution in [1.29, 1.82) is 0 Å². The first-order chi connectivity index (χ1) is 34.2. The van der Waals surface area contributed by atoms with Gasteiger partial charge >= 0.3 is 0 Å². The summed E-state index contributed by atoms with van der Waals surface area (Å²) in [5.41, 5.74) is 20.4. The van der Waals surface area contributed by atoms with Gasteiger partial charge in [-0.3, -0.25) is 0 Å². The minimum Gasteiger partial charge on any atom is -0.308 e. The molecule has 15 rings (SSSR count). The second-order valence-electron chi connectivity index (χ2n) is 18.6. The highest BCUT2D eigenvalue weighted by Crippen LogP contribution is 2.68. The fourth-order valence-electron chi connectivity index (χ4n) is 12.7. The molecule has 0 atom stereocenters. The second-order valence-corrected chi connectivity index (χ2v) is 18.6. The van der Waals surface area contributed by atoms with Crippen molar-refractivity contribution in [3.63, 3.8) is 0 Å². The predicted octanol–water partition coefficient (Wildman–Crippen LogP) is 15.0. The van der Waals surface area contributed by atoms with Gasteiger partial charge in [0.2, 0.25) is 0 Å². The molecular formula is C65H40N4. The van der Waals surface area contributed by atoms with Gasteiger partial charge in [0.05, 0.1) is 27.6 Å². The van der Waals surface area contributed by atoms with Crippen molar-refractivity contribution in [2.24, 2.45) is 0 Å². The normalized spacial score (nSPS) is 14.0. The molecule has 320 valence electrons. The molecule has 2 spiro atoms. The number of para-hydroxylation sites is 2. The number of aromatic nitrogens is 4. The summed E-state index contributed by atoms with van der Waals surface area (Å²) in [5.74, 6) is 1.88. The fraction of sp³-hybridized carbons (Fsp3) is 0.0308. The number of rotatable bonds is 4. The predicted molar refractivity (Wildman–Crippen MR) is 279 cm³/mol. The van der Waals surface area contributed by atoms with Gasteiger partial charge in [0.1, 0.15) is 0 Å². The summed E-state index contributed by atoms with van der Waals surface area (Å²) in [6.07, 6.45) is 0. The molecule has 2 aromatic heterocycles. The van der Waals surface area contributed by atoms with Crippen molar-refractivity contribution in [2.45, 2.75) is 10.8 Å². The third-order valence-corrected chi connectivity index (χ3v) is 15.3. The maximum absolute atomic E-state index is 5.29. The maximum Gasteiger partial charge on any atom is 0.166 e. The van der Waals surface area contributed by atoms with Crippen LogP contribution in [0.5, 0.6) is 0 Å². The third-order valence-electron chi connectivity index (χ3n) is 15.3. The van der Waals surface area contributed by atoms with Crippen LogP contribution in [0.4, 0.5) is 0 Å². The zero-order valence-electron chi connectivity index (χ0n) is 37.4. The second kappa shape index (κ2) is 14.3. The number of fused-ring (bicyclic) bond motifs is 19. The minimum absolute atomic E-state index is 0.599. The maximum atomic E-state index is 5.29. The van der Waals surface area contributed by atoms with Crippen LogP contribution >= 0.6 is 0 Å². The standard InChI is InChI=1S/C65H40N4/c1-3-21-41(22-4-1)61-66-62(42-23-5-2-6-24-42)68-63(67-61)48-30-12-20-38-59(48)69-58-37-19-11-29-47(58)49-39-56-57(40-60(49)69)65(52-33-15-9-27-45(52)46-28-10-16-34-53(46)65)55-36-18-17-35-54(55)64(56)50-31-13-7-25-43(50)44-26-8-14-32-51(44)64/h1-40H. The monoisotopic (exact) mass is 876 g/mol. The van der Waals surface area contributed by atoms with E-state index in [1.807, 2.05) is 36.4 Å². The summed E-state index contributed by atoms with van der Waals surface area (Å²) < 4.78 is 2.47. The van der Waals surface area contributed by atoms with E-state index in [0.29, 0.717) is 17.5 Å². The van der Waals surface area contributed by atoms with E-state index in [0.717, 1.165) is 33.4 Å². The zero-order chi connectivity index (χ0) is 45.3. The Balaban J connectivity index is 1.10. The van der Waals surface area contributed by atoms with Crippen LogP contribution in [0.15, 0.2) is 243 Å². The van der Waals surface area contributed by atoms with Crippen LogP contribution in [0.25, 0.3) is 83.9 Å². The molecule has 12 aromatic rings. The summed E-state index contributed by atoms with van der Waals surface area (Å²) in [4.78, 5) is 15.7.